The fourth-order valence-corrected chi connectivity index (χ4v) is 1.79. The molecule has 0 saturated carbocycles. The predicted octanol–water partition coefficient (Wildman–Crippen LogP) is 0.523. The zero-order chi connectivity index (χ0) is 11.4. The summed E-state index contributed by atoms with van der Waals surface area (Å²) in [5.74, 6) is -0.862. The van der Waals surface area contributed by atoms with E-state index in [4.69, 9.17) is 11.5 Å². The molecule has 1 atom stereocenters. The molecule has 0 bridgehead atoms. The first-order chi connectivity index (χ1) is 7.06. The molecule has 0 saturated heterocycles. The molecule has 0 aromatic carbocycles. The summed E-state index contributed by atoms with van der Waals surface area (Å²) in [4.78, 5) is 22.4. The number of thiophene rings is 1. The molecule has 0 aliphatic rings. The Balaban J connectivity index is 2.76. The maximum absolute atomic E-state index is 11.4. The number of nitrogens with one attached hydrogen (secondary N) is 1. The quantitative estimate of drug-likeness (QED) is 0.699. The van der Waals surface area contributed by atoms with Gasteiger partial charge in [0.25, 0.3) is 5.91 Å². The molecular formula is C9H13N3O2S. The van der Waals surface area contributed by atoms with Crippen LogP contribution in [0.25, 0.3) is 0 Å². The van der Waals surface area contributed by atoms with Gasteiger partial charge in [-0.3, -0.25) is 9.59 Å². The first-order valence-corrected chi connectivity index (χ1v) is 5.38. The van der Waals surface area contributed by atoms with Crippen molar-refractivity contribution in [1.29, 1.82) is 0 Å². The fourth-order valence-electron chi connectivity index (χ4n) is 0.990. The summed E-state index contributed by atoms with van der Waals surface area (Å²) in [6.07, 6.45) is 0.545. The molecule has 2 amide bonds. The van der Waals surface area contributed by atoms with Crippen molar-refractivity contribution in [2.24, 2.45) is 11.5 Å². The molecule has 0 aliphatic carbocycles. The van der Waals surface area contributed by atoms with Crippen LogP contribution in [0.5, 0.6) is 0 Å². The van der Waals surface area contributed by atoms with Crippen LogP contribution in [0.3, 0.4) is 0 Å². The van der Waals surface area contributed by atoms with Crippen molar-refractivity contribution in [3.8, 4) is 0 Å². The largest absolute Gasteiger partial charge is 0.366 e. The molecule has 0 aliphatic heterocycles. The molecule has 1 unspecified atom stereocenters. The van der Waals surface area contributed by atoms with Crippen molar-refractivity contribution in [2.45, 2.75) is 19.4 Å². The molecule has 1 heterocycles. The standard InChI is InChI=1S/C9H13N3O2S/c1-2-6(10)8(14)12-9-5(7(11)13)3-4-15-9/h3-4,6H,2,10H2,1H3,(H2,11,13)(H,12,14). The monoisotopic (exact) mass is 227 g/mol. The lowest BCUT2D eigenvalue weighted by molar-refractivity contribution is -0.117. The van der Waals surface area contributed by atoms with Crippen molar-refractivity contribution in [1.82, 2.24) is 0 Å². The van der Waals surface area contributed by atoms with Crippen LogP contribution in [0.2, 0.25) is 0 Å². The number of carbonyl (C=O) groups is 2. The molecule has 1 aromatic heterocycles. The lowest BCUT2D eigenvalue weighted by Crippen LogP contribution is -2.35. The van der Waals surface area contributed by atoms with E-state index in [0.717, 1.165) is 0 Å². The number of primary amides is 1. The summed E-state index contributed by atoms with van der Waals surface area (Å²) in [6, 6.07) is 1.01. The van der Waals surface area contributed by atoms with Crippen LogP contribution in [-0.4, -0.2) is 17.9 Å². The number of nitrogens with two attached hydrogens (primary N) is 2. The lowest BCUT2D eigenvalue weighted by atomic mass is 10.2. The van der Waals surface area contributed by atoms with Crippen LogP contribution in [0, 0.1) is 0 Å². The van der Waals surface area contributed by atoms with Gasteiger partial charge < -0.3 is 16.8 Å². The number of rotatable bonds is 4. The highest BCUT2D eigenvalue weighted by Crippen LogP contribution is 2.22. The van der Waals surface area contributed by atoms with E-state index in [1.165, 1.54) is 11.3 Å². The van der Waals surface area contributed by atoms with Crippen LogP contribution < -0.4 is 16.8 Å². The van der Waals surface area contributed by atoms with Crippen LogP contribution in [0.15, 0.2) is 11.4 Å². The SMILES string of the molecule is CCC(N)C(=O)Nc1sccc1C(N)=O. The van der Waals surface area contributed by atoms with E-state index in [1.807, 2.05) is 6.92 Å². The Bertz CT molecular complexity index is 375. The fraction of sp³-hybridized carbons (Fsp3) is 0.333. The highest BCUT2D eigenvalue weighted by Gasteiger charge is 2.15. The lowest BCUT2D eigenvalue weighted by Gasteiger charge is -2.09. The van der Waals surface area contributed by atoms with E-state index in [-0.39, 0.29) is 5.91 Å². The summed E-state index contributed by atoms with van der Waals surface area (Å²) in [5, 5.41) is 4.72. The van der Waals surface area contributed by atoms with Crippen molar-refractivity contribution >= 4 is 28.2 Å². The minimum absolute atomic E-state index is 0.303. The Morgan fingerprint density at radius 2 is 2.27 bits per heavy atom. The van der Waals surface area contributed by atoms with Crippen LogP contribution in [-0.2, 0) is 4.79 Å². The predicted molar refractivity (Wildman–Crippen MR) is 59.7 cm³/mol. The van der Waals surface area contributed by atoms with Gasteiger partial charge in [0, 0.05) is 0 Å². The van der Waals surface area contributed by atoms with Gasteiger partial charge in [0.05, 0.1) is 11.6 Å². The first-order valence-electron chi connectivity index (χ1n) is 4.50. The molecule has 5 N–H and O–H groups in total. The molecule has 0 radical (unpaired) electrons. The molecule has 5 nitrogen and oxygen atoms in total. The van der Waals surface area contributed by atoms with E-state index < -0.39 is 11.9 Å². The Morgan fingerprint density at radius 3 is 2.80 bits per heavy atom. The van der Waals surface area contributed by atoms with Gasteiger partial charge in [-0.2, -0.15) is 0 Å². The van der Waals surface area contributed by atoms with Gasteiger partial charge in [-0.25, -0.2) is 0 Å². The van der Waals surface area contributed by atoms with Gasteiger partial charge in [0.2, 0.25) is 5.91 Å². The zero-order valence-corrected chi connectivity index (χ0v) is 9.14. The second-order valence-corrected chi connectivity index (χ2v) is 3.95. The summed E-state index contributed by atoms with van der Waals surface area (Å²) < 4.78 is 0. The summed E-state index contributed by atoms with van der Waals surface area (Å²) in [5.41, 5.74) is 11.0. The molecule has 0 fully saturated rings. The van der Waals surface area contributed by atoms with Gasteiger partial charge in [-0.05, 0) is 17.9 Å². The van der Waals surface area contributed by atoms with Crippen LogP contribution in [0.1, 0.15) is 23.7 Å². The Morgan fingerprint density at radius 1 is 1.60 bits per heavy atom. The average molecular weight is 227 g/mol. The van der Waals surface area contributed by atoms with E-state index in [1.54, 1.807) is 11.4 Å². The Labute approximate surface area is 91.4 Å². The third-order valence-corrected chi connectivity index (χ3v) is 2.77. The van der Waals surface area contributed by atoms with Crippen molar-refractivity contribution in [3.05, 3.63) is 17.0 Å². The maximum atomic E-state index is 11.4. The topological polar surface area (TPSA) is 98.2 Å². The van der Waals surface area contributed by atoms with Gasteiger partial charge in [0.1, 0.15) is 5.00 Å². The molecule has 0 spiro atoms. The maximum Gasteiger partial charge on any atom is 0.251 e. The van der Waals surface area contributed by atoms with Crippen molar-refractivity contribution < 1.29 is 9.59 Å². The summed E-state index contributed by atoms with van der Waals surface area (Å²) in [7, 11) is 0. The minimum atomic E-state index is -0.562. The number of amides is 2. The summed E-state index contributed by atoms with van der Waals surface area (Å²) in [6.45, 7) is 1.81. The third kappa shape index (κ3) is 2.77. The van der Waals surface area contributed by atoms with E-state index in [2.05, 4.69) is 5.32 Å². The van der Waals surface area contributed by atoms with Gasteiger partial charge in [-0.1, -0.05) is 6.92 Å². The molecule has 82 valence electrons. The van der Waals surface area contributed by atoms with Gasteiger partial charge in [0.15, 0.2) is 0 Å². The number of anilines is 1. The van der Waals surface area contributed by atoms with Gasteiger partial charge in [-0.15, -0.1) is 11.3 Å². The van der Waals surface area contributed by atoms with Gasteiger partial charge >= 0.3 is 0 Å². The number of carbonyl (C=O) groups excluding carboxylic acids is 2. The number of hydrogen-bond donors (Lipinski definition) is 3. The Kier molecular flexibility index (Phi) is 3.81. The normalized spacial score (nSPS) is 12.1. The Hall–Kier alpha value is -1.40. The van der Waals surface area contributed by atoms with Crippen LogP contribution in [0.4, 0.5) is 5.00 Å². The molecular weight excluding hydrogens is 214 g/mol. The van der Waals surface area contributed by atoms with E-state index >= 15 is 0 Å². The smallest absolute Gasteiger partial charge is 0.251 e. The second kappa shape index (κ2) is 4.90. The molecule has 1 rings (SSSR count). The van der Waals surface area contributed by atoms with E-state index in [9.17, 15) is 9.59 Å². The average Bonchev–Trinajstić information content (AvgIpc) is 2.64. The first kappa shape index (κ1) is 11.7. The molecule has 15 heavy (non-hydrogen) atoms. The van der Waals surface area contributed by atoms with Crippen molar-refractivity contribution in [3.63, 3.8) is 0 Å². The second-order valence-electron chi connectivity index (χ2n) is 3.03. The zero-order valence-electron chi connectivity index (χ0n) is 8.32. The minimum Gasteiger partial charge on any atom is -0.366 e. The number of hydrogen-bond acceptors (Lipinski definition) is 4. The molecule has 1 aromatic rings. The highest BCUT2D eigenvalue weighted by molar-refractivity contribution is 7.14. The van der Waals surface area contributed by atoms with Crippen LogP contribution >= 0.6 is 11.3 Å². The van der Waals surface area contributed by atoms with Crippen molar-refractivity contribution in [2.75, 3.05) is 5.32 Å². The third-order valence-electron chi connectivity index (χ3n) is 1.94. The molecule has 6 heteroatoms. The highest BCUT2D eigenvalue weighted by atomic mass is 32.1. The van der Waals surface area contributed by atoms with E-state index in [0.29, 0.717) is 17.0 Å². The summed E-state index contributed by atoms with van der Waals surface area (Å²) >= 11 is 1.25.